The highest BCUT2D eigenvalue weighted by Crippen LogP contribution is 2.23. The third-order valence-corrected chi connectivity index (χ3v) is 5.58. The molecule has 1 aliphatic carbocycles. The molecule has 0 radical (unpaired) electrons. The van der Waals surface area contributed by atoms with Crippen LogP contribution in [0, 0.1) is 17.8 Å². The van der Waals surface area contributed by atoms with Crippen molar-refractivity contribution in [3.05, 3.63) is 0 Å². The lowest BCUT2D eigenvalue weighted by atomic mass is 9.92. The van der Waals surface area contributed by atoms with Gasteiger partial charge in [0.25, 0.3) is 5.91 Å². The molecule has 3 fully saturated rings. The number of rotatable bonds is 4. The molecule has 2 atom stereocenters. The summed E-state index contributed by atoms with van der Waals surface area (Å²) in [5, 5.41) is 2.97. The Morgan fingerprint density at radius 3 is 2.15 bits per heavy atom. The van der Waals surface area contributed by atoms with Gasteiger partial charge in [-0.2, -0.15) is 0 Å². The first kappa shape index (κ1) is 19.0. The van der Waals surface area contributed by atoms with Crippen LogP contribution < -0.4 is 5.32 Å². The van der Waals surface area contributed by atoms with Crippen molar-refractivity contribution in [3.8, 4) is 0 Å². The van der Waals surface area contributed by atoms with E-state index in [1.165, 1.54) is 0 Å². The molecule has 146 valence electrons. The molecule has 0 bridgehead atoms. The van der Waals surface area contributed by atoms with Gasteiger partial charge in [0.05, 0.1) is 5.92 Å². The molecule has 1 N–H and O–H groups in total. The van der Waals surface area contributed by atoms with Crippen molar-refractivity contribution in [2.24, 2.45) is 17.8 Å². The van der Waals surface area contributed by atoms with E-state index < -0.39 is 0 Å². The molecule has 3 amide bonds. The molecule has 0 aromatic heterocycles. The van der Waals surface area contributed by atoms with Gasteiger partial charge >= 0.3 is 12.0 Å². The summed E-state index contributed by atoms with van der Waals surface area (Å²) in [6, 6.07) is 0.319. The van der Waals surface area contributed by atoms with Crippen molar-refractivity contribution in [2.45, 2.75) is 52.0 Å². The first-order valence-corrected chi connectivity index (χ1v) is 9.92. The quantitative estimate of drug-likeness (QED) is 0.768. The van der Waals surface area contributed by atoms with Crippen LogP contribution in [0.1, 0.15) is 46.0 Å². The summed E-state index contributed by atoms with van der Waals surface area (Å²) in [4.78, 5) is 40.2. The number of hydrogen-bond acceptors (Lipinski definition) is 4. The zero-order valence-electron chi connectivity index (χ0n) is 15.9. The smallest absolute Gasteiger partial charge is 0.317 e. The number of nitrogens with one attached hydrogen (secondary N) is 1. The summed E-state index contributed by atoms with van der Waals surface area (Å²) in [7, 11) is 0. The van der Waals surface area contributed by atoms with Gasteiger partial charge in [0.15, 0.2) is 6.61 Å². The number of likely N-dealkylation sites (tertiary alicyclic amines) is 2. The third kappa shape index (κ3) is 5.11. The van der Waals surface area contributed by atoms with Crippen LogP contribution in [0.3, 0.4) is 0 Å². The third-order valence-electron chi connectivity index (χ3n) is 5.58. The van der Waals surface area contributed by atoms with E-state index in [2.05, 4.69) is 19.2 Å². The maximum absolute atomic E-state index is 12.3. The van der Waals surface area contributed by atoms with Crippen molar-refractivity contribution in [1.82, 2.24) is 15.1 Å². The van der Waals surface area contributed by atoms with E-state index in [0.29, 0.717) is 43.8 Å². The van der Waals surface area contributed by atoms with Gasteiger partial charge in [0, 0.05) is 32.2 Å². The summed E-state index contributed by atoms with van der Waals surface area (Å²) in [5.74, 6) is 0.359. The van der Waals surface area contributed by atoms with Gasteiger partial charge in [-0.05, 0) is 43.9 Å². The van der Waals surface area contributed by atoms with Crippen LogP contribution in [0.5, 0.6) is 0 Å². The largest absolute Gasteiger partial charge is 0.455 e. The number of piperidine rings is 2. The van der Waals surface area contributed by atoms with E-state index in [1.54, 1.807) is 4.90 Å². The molecule has 7 heteroatoms. The maximum atomic E-state index is 12.3. The number of nitrogens with zero attached hydrogens (tertiary/aromatic N) is 2. The normalized spacial score (nSPS) is 27.2. The number of carbonyl (C=O) groups is 3. The van der Waals surface area contributed by atoms with Crippen molar-refractivity contribution >= 4 is 17.9 Å². The molecule has 0 spiro atoms. The lowest BCUT2D eigenvalue weighted by molar-refractivity contribution is -0.157. The van der Waals surface area contributed by atoms with Crippen LogP contribution in [-0.4, -0.2) is 66.5 Å². The second-order valence-corrected chi connectivity index (χ2v) is 8.34. The molecule has 2 heterocycles. The van der Waals surface area contributed by atoms with E-state index in [1.807, 2.05) is 4.90 Å². The zero-order chi connectivity index (χ0) is 18.7. The predicted octanol–water partition coefficient (Wildman–Crippen LogP) is 1.62. The number of urea groups is 1. The lowest BCUT2D eigenvalue weighted by Crippen LogP contribution is -2.47. The van der Waals surface area contributed by atoms with Gasteiger partial charge in [0.2, 0.25) is 0 Å². The molecule has 3 rings (SSSR count). The van der Waals surface area contributed by atoms with E-state index in [4.69, 9.17) is 4.74 Å². The SMILES string of the molecule is C[C@@H]1C[C@@H](C)CN(C(=O)COC(=O)C2CCN(C(=O)NC3CC3)CC2)C1. The Morgan fingerprint density at radius 2 is 1.58 bits per heavy atom. The Kier molecular flexibility index (Phi) is 6.04. The van der Waals surface area contributed by atoms with Crippen molar-refractivity contribution in [3.63, 3.8) is 0 Å². The molecular weight excluding hydrogens is 334 g/mol. The highest BCUT2D eigenvalue weighted by Gasteiger charge is 2.32. The zero-order valence-corrected chi connectivity index (χ0v) is 15.9. The fourth-order valence-corrected chi connectivity index (χ4v) is 4.02. The highest BCUT2D eigenvalue weighted by molar-refractivity contribution is 5.81. The fourth-order valence-electron chi connectivity index (χ4n) is 4.02. The number of amides is 3. The molecule has 26 heavy (non-hydrogen) atoms. The summed E-state index contributed by atoms with van der Waals surface area (Å²) in [6.45, 7) is 6.75. The van der Waals surface area contributed by atoms with Gasteiger partial charge in [0.1, 0.15) is 0 Å². The summed E-state index contributed by atoms with van der Waals surface area (Å²) >= 11 is 0. The van der Waals surface area contributed by atoms with E-state index in [-0.39, 0.29) is 30.4 Å². The monoisotopic (exact) mass is 365 g/mol. The molecule has 1 saturated carbocycles. The average molecular weight is 365 g/mol. The predicted molar refractivity (Wildman–Crippen MR) is 96.3 cm³/mol. The van der Waals surface area contributed by atoms with Crippen LogP contribution in [-0.2, 0) is 14.3 Å². The topological polar surface area (TPSA) is 79.0 Å². The van der Waals surface area contributed by atoms with Gasteiger partial charge in [-0.1, -0.05) is 13.8 Å². The first-order chi connectivity index (χ1) is 12.4. The molecule has 3 aliphatic rings. The number of ether oxygens (including phenoxy) is 1. The highest BCUT2D eigenvalue weighted by atomic mass is 16.5. The minimum atomic E-state index is -0.307. The Hall–Kier alpha value is -1.79. The minimum Gasteiger partial charge on any atom is -0.455 e. The van der Waals surface area contributed by atoms with E-state index in [0.717, 1.165) is 32.4 Å². The molecule has 2 aliphatic heterocycles. The summed E-state index contributed by atoms with van der Waals surface area (Å²) < 4.78 is 5.29. The molecular formula is C19H31N3O4. The van der Waals surface area contributed by atoms with Gasteiger partial charge < -0.3 is 19.9 Å². The van der Waals surface area contributed by atoms with Crippen LogP contribution in [0.2, 0.25) is 0 Å². The maximum Gasteiger partial charge on any atom is 0.317 e. The van der Waals surface area contributed by atoms with Crippen molar-refractivity contribution in [1.29, 1.82) is 0 Å². The Bertz CT molecular complexity index is 531. The van der Waals surface area contributed by atoms with Crippen LogP contribution in [0.4, 0.5) is 4.79 Å². The number of hydrogen-bond donors (Lipinski definition) is 1. The Labute approximate surface area is 155 Å². The first-order valence-electron chi connectivity index (χ1n) is 9.92. The Morgan fingerprint density at radius 1 is 0.962 bits per heavy atom. The molecule has 2 saturated heterocycles. The van der Waals surface area contributed by atoms with Crippen molar-refractivity contribution in [2.75, 3.05) is 32.8 Å². The molecule has 0 unspecified atom stereocenters. The number of esters is 1. The van der Waals surface area contributed by atoms with Gasteiger partial charge in [-0.3, -0.25) is 9.59 Å². The van der Waals surface area contributed by atoms with E-state index in [9.17, 15) is 14.4 Å². The minimum absolute atomic E-state index is 0.0252. The number of carbonyl (C=O) groups excluding carboxylic acids is 3. The average Bonchev–Trinajstić information content (AvgIpc) is 3.42. The van der Waals surface area contributed by atoms with Crippen molar-refractivity contribution < 1.29 is 19.1 Å². The van der Waals surface area contributed by atoms with Crippen LogP contribution >= 0.6 is 0 Å². The lowest BCUT2D eigenvalue weighted by Gasteiger charge is -2.35. The summed E-state index contributed by atoms with van der Waals surface area (Å²) in [5.41, 5.74) is 0. The fraction of sp³-hybridized carbons (Fsp3) is 0.842. The molecule has 0 aromatic rings. The van der Waals surface area contributed by atoms with Crippen LogP contribution in [0.15, 0.2) is 0 Å². The van der Waals surface area contributed by atoms with E-state index >= 15 is 0 Å². The molecule has 0 aromatic carbocycles. The van der Waals surface area contributed by atoms with Gasteiger partial charge in [-0.25, -0.2) is 4.79 Å². The standard InChI is InChI=1S/C19H31N3O4/c1-13-9-14(2)11-22(10-13)17(23)12-26-18(24)15-5-7-21(8-6-15)19(25)20-16-3-4-16/h13-16H,3-12H2,1-2H3,(H,20,25)/t13-,14-/m1/s1. The second kappa shape index (κ2) is 8.27. The molecule has 7 nitrogen and oxygen atoms in total. The van der Waals surface area contributed by atoms with Gasteiger partial charge in [-0.15, -0.1) is 0 Å². The second-order valence-electron chi connectivity index (χ2n) is 8.34. The Balaban J connectivity index is 1.37. The summed E-state index contributed by atoms with van der Waals surface area (Å²) in [6.07, 6.45) is 4.47. The van der Waals surface area contributed by atoms with Crippen LogP contribution in [0.25, 0.3) is 0 Å².